The van der Waals surface area contributed by atoms with Crippen LogP contribution in [-0.4, -0.2) is 57.3 Å². The third kappa shape index (κ3) is 5.28. The van der Waals surface area contributed by atoms with Gasteiger partial charge in [-0.2, -0.15) is 0 Å². The molecular formula is C18H27ClF2N2O3. The second-order valence-corrected chi connectivity index (χ2v) is 6.71. The number of nitrogens with one attached hydrogen (secondary N) is 1. The fourth-order valence-electron chi connectivity index (χ4n) is 3.27. The van der Waals surface area contributed by atoms with E-state index in [0.717, 1.165) is 25.2 Å². The van der Waals surface area contributed by atoms with Gasteiger partial charge in [-0.3, -0.25) is 9.69 Å². The first-order valence-corrected chi connectivity index (χ1v) is 8.42. The number of carbonyl (C=O) groups excluding carboxylic acids is 1. The zero-order valence-corrected chi connectivity index (χ0v) is 16.4. The minimum Gasteiger partial charge on any atom is -0.497 e. The van der Waals surface area contributed by atoms with Crippen LogP contribution in [0.15, 0.2) is 12.1 Å². The number of ether oxygens (including phenoxy) is 2. The predicted octanol–water partition coefficient (Wildman–Crippen LogP) is 2.73. The van der Waals surface area contributed by atoms with E-state index in [1.807, 2.05) is 0 Å². The summed E-state index contributed by atoms with van der Waals surface area (Å²) < 4.78 is 38.1. The van der Waals surface area contributed by atoms with Crippen LogP contribution in [0.3, 0.4) is 0 Å². The lowest BCUT2D eigenvalue weighted by atomic mass is 9.91. The summed E-state index contributed by atoms with van der Waals surface area (Å²) in [5.41, 5.74) is -0.571. The van der Waals surface area contributed by atoms with E-state index in [9.17, 15) is 13.6 Å². The molecule has 2 atom stereocenters. The topological polar surface area (TPSA) is 50.8 Å². The second kappa shape index (κ2) is 10.0. The van der Waals surface area contributed by atoms with Gasteiger partial charge in [0.2, 0.25) is 0 Å². The molecule has 2 rings (SSSR count). The summed E-state index contributed by atoms with van der Waals surface area (Å²) in [5.74, 6) is -2.00. The van der Waals surface area contributed by atoms with Gasteiger partial charge in [0.15, 0.2) is 0 Å². The minimum atomic E-state index is -0.926. The first kappa shape index (κ1) is 22.6. The highest BCUT2D eigenvalue weighted by Crippen LogP contribution is 2.26. The Morgan fingerprint density at radius 1 is 1.27 bits per heavy atom. The Kier molecular flexibility index (Phi) is 8.73. The van der Waals surface area contributed by atoms with E-state index in [1.165, 1.54) is 7.11 Å². The zero-order chi connectivity index (χ0) is 18.6. The first-order valence-electron chi connectivity index (χ1n) is 8.42. The van der Waals surface area contributed by atoms with E-state index < -0.39 is 23.1 Å². The maximum Gasteiger partial charge on any atom is 0.257 e. The van der Waals surface area contributed by atoms with Crippen LogP contribution < -0.4 is 10.1 Å². The molecule has 0 bridgehead atoms. The van der Waals surface area contributed by atoms with Crippen LogP contribution in [0.2, 0.25) is 0 Å². The van der Waals surface area contributed by atoms with Gasteiger partial charge in [0.1, 0.15) is 22.9 Å². The molecule has 1 aliphatic heterocycles. The fourth-order valence-corrected chi connectivity index (χ4v) is 3.27. The molecule has 1 heterocycles. The molecule has 1 aliphatic rings. The molecule has 0 spiro atoms. The highest BCUT2D eigenvalue weighted by molar-refractivity contribution is 5.95. The van der Waals surface area contributed by atoms with Crippen molar-refractivity contribution in [2.45, 2.75) is 19.9 Å². The number of hydrogen-bond acceptors (Lipinski definition) is 4. The van der Waals surface area contributed by atoms with E-state index in [4.69, 9.17) is 9.47 Å². The lowest BCUT2D eigenvalue weighted by Gasteiger charge is -2.23. The van der Waals surface area contributed by atoms with Crippen molar-refractivity contribution in [3.8, 4) is 5.75 Å². The Hall–Kier alpha value is -1.44. The number of rotatable bonds is 7. The molecule has 0 aromatic heterocycles. The van der Waals surface area contributed by atoms with Crippen molar-refractivity contribution < 1.29 is 23.0 Å². The Balaban J connectivity index is 0.00000338. The summed E-state index contributed by atoms with van der Waals surface area (Å²) in [6.45, 7) is 6.98. The van der Waals surface area contributed by atoms with Crippen molar-refractivity contribution in [1.82, 2.24) is 10.2 Å². The minimum absolute atomic E-state index is 0. The normalized spacial score (nSPS) is 20.1. The zero-order valence-electron chi connectivity index (χ0n) is 15.6. The molecule has 1 amide bonds. The van der Waals surface area contributed by atoms with E-state index in [-0.39, 0.29) is 30.1 Å². The summed E-state index contributed by atoms with van der Waals surface area (Å²) in [5, 5.41) is 2.81. The van der Waals surface area contributed by atoms with Crippen LogP contribution in [0.5, 0.6) is 5.75 Å². The number of amides is 1. The highest BCUT2D eigenvalue weighted by Gasteiger charge is 2.36. The summed E-state index contributed by atoms with van der Waals surface area (Å²) in [7, 11) is 2.96. The van der Waals surface area contributed by atoms with Gasteiger partial charge in [-0.1, -0.05) is 13.8 Å². The number of carbonyl (C=O) groups is 1. The Bertz CT molecular complexity index is 593. The maximum atomic E-state index is 14.1. The smallest absolute Gasteiger partial charge is 0.257 e. The first-order chi connectivity index (χ1) is 11.9. The number of likely N-dealkylation sites (tertiary alicyclic amines) is 1. The molecule has 1 fully saturated rings. The summed E-state index contributed by atoms with van der Waals surface area (Å²) in [6.07, 6.45) is 0. The van der Waals surface area contributed by atoms with Gasteiger partial charge < -0.3 is 14.8 Å². The SMILES string of the molecule is COCCN1C[C@H](NC(=O)c2c(F)cc(OC)cc2F)[C@@H](C(C)C)C1.Cl. The predicted molar refractivity (Wildman–Crippen MR) is 98.1 cm³/mol. The molecule has 0 unspecified atom stereocenters. The van der Waals surface area contributed by atoms with E-state index in [2.05, 4.69) is 24.1 Å². The van der Waals surface area contributed by atoms with Crippen molar-refractivity contribution in [3.63, 3.8) is 0 Å². The summed E-state index contributed by atoms with van der Waals surface area (Å²) >= 11 is 0. The maximum absolute atomic E-state index is 14.1. The molecule has 0 radical (unpaired) electrons. The second-order valence-electron chi connectivity index (χ2n) is 6.71. The van der Waals surface area contributed by atoms with Crippen LogP contribution >= 0.6 is 12.4 Å². The molecule has 0 aliphatic carbocycles. The Morgan fingerprint density at radius 2 is 1.88 bits per heavy atom. The number of benzene rings is 1. The van der Waals surface area contributed by atoms with Gasteiger partial charge in [0.25, 0.3) is 5.91 Å². The number of hydrogen-bond donors (Lipinski definition) is 1. The van der Waals surface area contributed by atoms with Crippen LogP contribution in [0, 0.1) is 23.5 Å². The number of nitrogens with zero attached hydrogens (tertiary/aromatic N) is 1. The summed E-state index contributed by atoms with van der Waals surface area (Å²) in [4.78, 5) is 14.6. The lowest BCUT2D eigenvalue weighted by molar-refractivity contribution is 0.0916. The average Bonchev–Trinajstić information content (AvgIpc) is 2.95. The van der Waals surface area contributed by atoms with Crippen molar-refractivity contribution in [1.29, 1.82) is 0 Å². The molecular weight excluding hydrogens is 366 g/mol. The number of methoxy groups -OCH3 is 2. The third-order valence-corrected chi connectivity index (χ3v) is 4.70. The lowest BCUT2D eigenvalue weighted by Crippen LogP contribution is -2.42. The van der Waals surface area contributed by atoms with E-state index in [1.54, 1.807) is 7.11 Å². The molecule has 1 saturated heterocycles. The van der Waals surface area contributed by atoms with Gasteiger partial charge >= 0.3 is 0 Å². The van der Waals surface area contributed by atoms with Crippen molar-refractivity contribution in [3.05, 3.63) is 29.3 Å². The summed E-state index contributed by atoms with van der Waals surface area (Å²) in [6, 6.07) is 1.86. The van der Waals surface area contributed by atoms with Crippen LogP contribution in [-0.2, 0) is 4.74 Å². The standard InChI is InChI=1S/C18H26F2N2O3.ClH/c1-11(2)13-9-22(5-6-24-3)10-16(13)21-18(23)17-14(19)7-12(25-4)8-15(17)20;/h7-8,11,13,16H,5-6,9-10H2,1-4H3,(H,21,23);1H/t13-,16+;/m1./s1. The van der Waals surface area contributed by atoms with E-state index in [0.29, 0.717) is 19.1 Å². The fraction of sp³-hybridized carbons (Fsp3) is 0.611. The molecule has 1 aromatic rings. The molecule has 26 heavy (non-hydrogen) atoms. The van der Waals surface area contributed by atoms with Crippen molar-refractivity contribution in [2.75, 3.05) is 40.5 Å². The molecule has 1 N–H and O–H groups in total. The highest BCUT2D eigenvalue weighted by atomic mass is 35.5. The van der Waals surface area contributed by atoms with Crippen LogP contribution in [0.25, 0.3) is 0 Å². The molecule has 148 valence electrons. The van der Waals surface area contributed by atoms with Gasteiger partial charge in [-0.05, 0) is 11.8 Å². The Morgan fingerprint density at radius 3 is 2.38 bits per heavy atom. The van der Waals surface area contributed by atoms with Crippen LogP contribution in [0.1, 0.15) is 24.2 Å². The number of halogens is 3. The molecule has 1 aromatic carbocycles. The molecule has 5 nitrogen and oxygen atoms in total. The van der Waals surface area contributed by atoms with Crippen LogP contribution in [0.4, 0.5) is 8.78 Å². The van der Waals surface area contributed by atoms with Crippen molar-refractivity contribution in [2.24, 2.45) is 11.8 Å². The third-order valence-electron chi connectivity index (χ3n) is 4.70. The van der Waals surface area contributed by atoms with Crippen molar-refractivity contribution >= 4 is 18.3 Å². The largest absolute Gasteiger partial charge is 0.497 e. The van der Waals surface area contributed by atoms with Gasteiger partial charge in [-0.25, -0.2) is 8.78 Å². The molecule has 0 saturated carbocycles. The van der Waals surface area contributed by atoms with E-state index >= 15 is 0 Å². The Labute approximate surface area is 159 Å². The van der Waals surface area contributed by atoms with Gasteiger partial charge in [0, 0.05) is 44.9 Å². The van der Waals surface area contributed by atoms with Gasteiger partial charge in [0.05, 0.1) is 13.7 Å². The monoisotopic (exact) mass is 392 g/mol. The average molecular weight is 393 g/mol. The quantitative estimate of drug-likeness (QED) is 0.775. The molecule has 8 heteroatoms. The van der Waals surface area contributed by atoms with Gasteiger partial charge in [-0.15, -0.1) is 12.4 Å².